The molecule has 0 N–H and O–H groups in total. The van der Waals surface area contributed by atoms with Crippen LogP contribution in [0, 0.1) is 0 Å². The van der Waals surface area contributed by atoms with Crippen molar-refractivity contribution in [1.29, 1.82) is 0 Å². The van der Waals surface area contributed by atoms with Gasteiger partial charge in [-0.15, -0.1) is 13.2 Å². The maximum atomic E-state index is 11.9. The summed E-state index contributed by atoms with van der Waals surface area (Å²) in [6.45, 7) is 1.69. The number of hydrogen-bond acceptors (Lipinski definition) is 4. The summed E-state index contributed by atoms with van der Waals surface area (Å²) in [5.41, 5.74) is -0.233. The third kappa shape index (κ3) is 3.76. The molecule has 1 heterocycles. The van der Waals surface area contributed by atoms with Crippen LogP contribution in [0.25, 0.3) is 0 Å². The van der Waals surface area contributed by atoms with Gasteiger partial charge >= 0.3 is 12.3 Å². The van der Waals surface area contributed by atoms with Gasteiger partial charge in [-0.3, -0.25) is 0 Å². The predicted octanol–water partition coefficient (Wildman–Crippen LogP) is 2.16. The average Bonchev–Trinajstić information content (AvgIpc) is 2.16. The minimum Gasteiger partial charge on any atom is -0.461 e. The molecule has 0 fully saturated rings. The number of ether oxygens (including phenoxy) is 2. The van der Waals surface area contributed by atoms with Crippen LogP contribution in [0.4, 0.5) is 13.2 Å². The lowest BCUT2D eigenvalue weighted by Gasteiger charge is -2.09. The SMILES string of the molecule is CCOC(=O)c1cc(OC(F)(F)F)ccn1. The van der Waals surface area contributed by atoms with E-state index in [1.54, 1.807) is 6.92 Å². The summed E-state index contributed by atoms with van der Waals surface area (Å²) < 4.78 is 43.8. The lowest BCUT2D eigenvalue weighted by molar-refractivity contribution is -0.274. The Hall–Kier alpha value is -1.79. The number of rotatable bonds is 3. The average molecular weight is 235 g/mol. The van der Waals surface area contributed by atoms with Gasteiger partial charge in [-0.25, -0.2) is 9.78 Å². The van der Waals surface area contributed by atoms with Crippen LogP contribution >= 0.6 is 0 Å². The Labute approximate surface area is 89.0 Å². The van der Waals surface area contributed by atoms with Gasteiger partial charge in [0.1, 0.15) is 5.75 Å². The zero-order valence-electron chi connectivity index (χ0n) is 8.25. The molecule has 0 aliphatic heterocycles. The molecular formula is C9H8F3NO3. The van der Waals surface area contributed by atoms with Gasteiger partial charge in [0, 0.05) is 12.3 Å². The van der Waals surface area contributed by atoms with E-state index in [2.05, 4.69) is 14.5 Å². The van der Waals surface area contributed by atoms with Crippen molar-refractivity contribution in [3.05, 3.63) is 24.0 Å². The predicted molar refractivity (Wildman–Crippen MR) is 46.9 cm³/mol. The van der Waals surface area contributed by atoms with Crippen LogP contribution in [0.2, 0.25) is 0 Å². The van der Waals surface area contributed by atoms with Gasteiger partial charge in [-0.2, -0.15) is 0 Å². The first kappa shape index (κ1) is 12.3. The van der Waals surface area contributed by atoms with Gasteiger partial charge in [0.05, 0.1) is 6.61 Å². The lowest BCUT2D eigenvalue weighted by atomic mass is 10.3. The highest BCUT2D eigenvalue weighted by molar-refractivity contribution is 5.87. The fraction of sp³-hybridized carbons (Fsp3) is 0.333. The van der Waals surface area contributed by atoms with E-state index in [0.29, 0.717) is 0 Å². The monoisotopic (exact) mass is 235 g/mol. The van der Waals surface area contributed by atoms with E-state index in [4.69, 9.17) is 0 Å². The van der Waals surface area contributed by atoms with Crippen molar-refractivity contribution in [2.75, 3.05) is 6.61 Å². The summed E-state index contributed by atoms with van der Waals surface area (Å²) in [5, 5.41) is 0. The highest BCUT2D eigenvalue weighted by Crippen LogP contribution is 2.22. The Balaban J connectivity index is 2.83. The Morgan fingerprint density at radius 2 is 2.19 bits per heavy atom. The van der Waals surface area contributed by atoms with Crippen molar-refractivity contribution < 1.29 is 27.4 Å². The summed E-state index contributed by atoms with van der Waals surface area (Å²) >= 11 is 0. The summed E-state index contributed by atoms with van der Waals surface area (Å²) in [5.74, 6) is -1.30. The molecule has 0 spiro atoms. The number of hydrogen-bond donors (Lipinski definition) is 0. The molecule has 0 amide bonds. The van der Waals surface area contributed by atoms with Crippen molar-refractivity contribution >= 4 is 5.97 Å². The third-order valence-corrected chi connectivity index (χ3v) is 1.45. The molecular weight excluding hydrogens is 227 g/mol. The molecule has 1 aromatic rings. The first-order valence-corrected chi connectivity index (χ1v) is 4.31. The quantitative estimate of drug-likeness (QED) is 0.753. The summed E-state index contributed by atoms with van der Waals surface area (Å²) in [6, 6.07) is 1.86. The molecule has 0 aromatic carbocycles. The van der Waals surface area contributed by atoms with Crippen molar-refractivity contribution in [3.63, 3.8) is 0 Å². The van der Waals surface area contributed by atoms with Crippen molar-refractivity contribution in [2.24, 2.45) is 0 Å². The summed E-state index contributed by atoms with van der Waals surface area (Å²) in [4.78, 5) is 14.7. The van der Waals surface area contributed by atoms with Crippen LogP contribution in [0.3, 0.4) is 0 Å². The normalized spacial score (nSPS) is 11.0. The fourth-order valence-electron chi connectivity index (χ4n) is 0.925. The van der Waals surface area contributed by atoms with Crippen molar-refractivity contribution in [3.8, 4) is 5.75 Å². The Bertz CT molecular complexity index is 379. The van der Waals surface area contributed by atoms with Gasteiger partial charge in [0.2, 0.25) is 0 Å². The minimum absolute atomic E-state index is 0.116. The van der Waals surface area contributed by atoms with Crippen molar-refractivity contribution in [2.45, 2.75) is 13.3 Å². The number of aromatic nitrogens is 1. The fourth-order valence-corrected chi connectivity index (χ4v) is 0.925. The number of esters is 1. The first-order chi connectivity index (χ1) is 7.42. The maximum Gasteiger partial charge on any atom is 0.573 e. The Morgan fingerprint density at radius 3 is 2.75 bits per heavy atom. The van der Waals surface area contributed by atoms with Crippen LogP contribution in [0.15, 0.2) is 18.3 Å². The number of alkyl halides is 3. The molecule has 1 rings (SSSR count). The molecule has 4 nitrogen and oxygen atoms in total. The van der Waals surface area contributed by atoms with Gasteiger partial charge in [0.15, 0.2) is 5.69 Å². The van der Waals surface area contributed by atoms with Gasteiger partial charge < -0.3 is 9.47 Å². The van der Waals surface area contributed by atoms with E-state index in [9.17, 15) is 18.0 Å². The molecule has 0 bridgehead atoms. The van der Waals surface area contributed by atoms with Crippen LogP contribution in [0.1, 0.15) is 17.4 Å². The van der Waals surface area contributed by atoms with Crippen LogP contribution in [-0.2, 0) is 4.74 Å². The topological polar surface area (TPSA) is 48.4 Å². The van der Waals surface area contributed by atoms with E-state index < -0.39 is 18.1 Å². The molecule has 0 aliphatic rings. The van der Waals surface area contributed by atoms with Crippen LogP contribution in [0.5, 0.6) is 5.75 Å². The zero-order chi connectivity index (χ0) is 12.2. The van der Waals surface area contributed by atoms with E-state index in [-0.39, 0.29) is 12.3 Å². The number of nitrogens with zero attached hydrogens (tertiary/aromatic N) is 1. The van der Waals surface area contributed by atoms with Gasteiger partial charge in [-0.05, 0) is 13.0 Å². The molecule has 0 aliphatic carbocycles. The molecule has 0 saturated heterocycles. The molecule has 88 valence electrons. The number of halogens is 3. The number of carbonyl (C=O) groups excluding carboxylic acids is 1. The van der Waals surface area contributed by atoms with E-state index in [1.807, 2.05) is 0 Å². The van der Waals surface area contributed by atoms with Crippen molar-refractivity contribution in [1.82, 2.24) is 4.98 Å². The minimum atomic E-state index is -4.80. The van der Waals surface area contributed by atoms with E-state index in [1.165, 1.54) is 0 Å². The van der Waals surface area contributed by atoms with E-state index in [0.717, 1.165) is 18.3 Å². The smallest absolute Gasteiger partial charge is 0.461 e. The van der Waals surface area contributed by atoms with Crippen LogP contribution in [-0.4, -0.2) is 23.9 Å². The Morgan fingerprint density at radius 1 is 1.50 bits per heavy atom. The Kier molecular flexibility index (Phi) is 3.70. The molecule has 1 aromatic heterocycles. The van der Waals surface area contributed by atoms with E-state index >= 15 is 0 Å². The third-order valence-electron chi connectivity index (χ3n) is 1.45. The molecule has 0 unspecified atom stereocenters. The van der Waals surface area contributed by atoms with Gasteiger partial charge in [-0.1, -0.05) is 0 Å². The highest BCUT2D eigenvalue weighted by Gasteiger charge is 2.31. The molecule has 7 heteroatoms. The molecule has 0 saturated carbocycles. The molecule has 16 heavy (non-hydrogen) atoms. The lowest BCUT2D eigenvalue weighted by Crippen LogP contribution is -2.17. The first-order valence-electron chi connectivity index (χ1n) is 4.31. The molecule has 0 atom stereocenters. The largest absolute Gasteiger partial charge is 0.573 e. The summed E-state index contributed by atoms with van der Waals surface area (Å²) in [6.07, 6.45) is -3.76. The second-order valence-electron chi connectivity index (χ2n) is 2.65. The summed E-state index contributed by atoms with van der Waals surface area (Å²) in [7, 11) is 0. The number of pyridine rings is 1. The number of carbonyl (C=O) groups is 1. The zero-order valence-corrected chi connectivity index (χ0v) is 8.25. The maximum absolute atomic E-state index is 11.9. The molecule has 0 radical (unpaired) electrons. The van der Waals surface area contributed by atoms with Gasteiger partial charge in [0.25, 0.3) is 0 Å². The second kappa shape index (κ2) is 4.82. The second-order valence-corrected chi connectivity index (χ2v) is 2.65. The highest BCUT2D eigenvalue weighted by atomic mass is 19.4. The van der Waals surface area contributed by atoms with Crippen LogP contribution < -0.4 is 4.74 Å². The standard InChI is InChI=1S/C9H8F3NO3/c1-2-15-8(14)7-5-6(3-4-13-7)16-9(10,11)12/h3-5H,2H2,1H3.